The summed E-state index contributed by atoms with van der Waals surface area (Å²) in [6.45, 7) is 8.04. The summed E-state index contributed by atoms with van der Waals surface area (Å²) >= 11 is 0. The molecule has 0 heterocycles. The van der Waals surface area contributed by atoms with E-state index in [1.807, 2.05) is 24.3 Å². The van der Waals surface area contributed by atoms with Crippen LogP contribution < -0.4 is 0 Å². The quantitative estimate of drug-likeness (QED) is 0.385. The minimum absolute atomic E-state index is 0.0664. The second kappa shape index (κ2) is 6.39. The number of hydrogen-bond acceptors (Lipinski definition) is 2. The third-order valence-electron chi connectivity index (χ3n) is 3.00. The van der Waals surface area contributed by atoms with Crippen LogP contribution in [0.4, 0.5) is 0 Å². The first-order chi connectivity index (χ1) is 9.61. The van der Waals surface area contributed by atoms with Crippen molar-refractivity contribution in [2.45, 2.75) is 33.1 Å². The van der Waals surface area contributed by atoms with E-state index in [2.05, 4.69) is 20.8 Å². The SMILES string of the molecule is C/C(C=C(C(=O)O)C(=O)O)=C\c1ccc(C(C)(C)C)cc1. The number of carboxylic acids is 2. The molecule has 0 atom stereocenters. The second-order valence-corrected chi connectivity index (χ2v) is 5.93. The maximum absolute atomic E-state index is 10.8. The summed E-state index contributed by atoms with van der Waals surface area (Å²) in [5, 5.41) is 17.6. The van der Waals surface area contributed by atoms with E-state index in [4.69, 9.17) is 10.2 Å². The van der Waals surface area contributed by atoms with Gasteiger partial charge in [0.15, 0.2) is 0 Å². The van der Waals surface area contributed by atoms with E-state index in [1.165, 1.54) is 5.56 Å². The highest BCUT2D eigenvalue weighted by Gasteiger charge is 2.15. The molecule has 0 aliphatic carbocycles. The van der Waals surface area contributed by atoms with E-state index in [-0.39, 0.29) is 5.41 Å². The molecule has 4 heteroatoms. The minimum atomic E-state index is -1.45. The Morgan fingerprint density at radius 1 is 1.00 bits per heavy atom. The van der Waals surface area contributed by atoms with Gasteiger partial charge >= 0.3 is 11.9 Å². The third-order valence-corrected chi connectivity index (χ3v) is 3.00. The lowest BCUT2D eigenvalue weighted by atomic mass is 9.86. The molecule has 21 heavy (non-hydrogen) atoms. The number of carboxylic acid groups (broad SMARTS) is 2. The van der Waals surface area contributed by atoms with E-state index in [0.29, 0.717) is 5.57 Å². The van der Waals surface area contributed by atoms with Crippen LogP contribution in [0.3, 0.4) is 0 Å². The van der Waals surface area contributed by atoms with Gasteiger partial charge in [-0.1, -0.05) is 51.1 Å². The van der Waals surface area contributed by atoms with Crippen LogP contribution in [0.15, 0.2) is 41.5 Å². The van der Waals surface area contributed by atoms with Crippen LogP contribution in [0.5, 0.6) is 0 Å². The second-order valence-electron chi connectivity index (χ2n) is 5.93. The van der Waals surface area contributed by atoms with E-state index < -0.39 is 17.5 Å². The van der Waals surface area contributed by atoms with Gasteiger partial charge in [-0.25, -0.2) is 9.59 Å². The summed E-state index contributed by atoms with van der Waals surface area (Å²) in [6.07, 6.45) is 2.90. The molecule has 0 radical (unpaired) electrons. The van der Waals surface area contributed by atoms with Crippen LogP contribution in [-0.4, -0.2) is 22.2 Å². The molecule has 1 aromatic carbocycles. The lowest BCUT2D eigenvalue weighted by molar-refractivity contribution is -0.140. The summed E-state index contributed by atoms with van der Waals surface area (Å²) < 4.78 is 0. The molecule has 0 saturated carbocycles. The van der Waals surface area contributed by atoms with Crippen LogP contribution >= 0.6 is 0 Å². The summed E-state index contributed by atoms with van der Waals surface area (Å²) in [6, 6.07) is 7.88. The van der Waals surface area contributed by atoms with Crippen LogP contribution in [0.2, 0.25) is 0 Å². The summed E-state index contributed by atoms with van der Waals surface area (Å²) in [7, 11) is 0. The molecule has 1 aromatic rings. The van der Waals surface area contributed by atoms with Gasteiger partial charge < -0.3 is 10.2 Å². The normalized spacial score (nSPS) is 11.9. The topological polar surface area (TPSA) is 74.6 Å². The van der Waals surface area contributed by atoms with Crippen molar-refractivity contribution in [1.29, 1.82) is 0 Å². The first-order valence-electron chi connectivity index (χ1n) is 6.58. The molecule has 0 aliphatic heterocycles. The van der Waals surface area contributed by atoms with Gasteiger partial charge in [-0.3, -0.25) is 0 Å². The average Bonchev–Trinajstić information content (AvgIpc) is 2.34. The third kappa shape index (κ3) is 4.91. The van der Waals surface area contributed by atoms with Gasteiger partial charge in [-0.15, -0.1) is 0 Å². The van der Waals surface area contributed by atoms with Crippen molar-refractivity contribution >= 4 is 18.0 Å². The fourth-order valence-electron chi connectivity index (χ4n) is 1.83. The number of carbonyl (C=O) groups is 2. The van der Waals surface area contributed by atoms with Crippen molar-refractivity contribution in [3.8, 4) is 0 Å². The molecule has 0 saturated heterocycles. The zero-order valence-corrected chi connectivity index (χ0v) is 12.7. The van der Waals surface area contributed by atoms with Crippen LogP contribution in [0, 0.1) is 0 Å². The van der Waals surface area contributed by atoms with Crippen molar-refractivity contribution in [3.05, 3.63) is 52.6 Å². The Labute approximate surface area is 124 Å². The number of rotatable bonds is 4. The minimum Gasteiger partial charge on any atom is -0.477 e. The molecule has 0 amide bonds. The molecule has 0 unspecified atom stereocenters. The van der Waals surface area contributed by atoms with Gasteiger partial charge in [0.25, 0.3) is 0 Å². The lowest BCUT2D eigenvalue weighted by Crippen LogP contribution is -2.11. The largest absolute Gasteiger partial charge is 0.477 e. The molecule has 0 aliphatic rings. The van der Waals surface area contributed by atoms with Gasteiger partial charge in [0.05, 0.1) is 0 Å². The summed E-state index contributed by atoms with van der Waals surface area (Å²) in [4.78, 5) is 21.6. The highest BCUT2D eigenvalue weighted by Crippen LogP contribution is 2.22. The fourth-order valence-corrected chi connectivity index (χ4v) is 1.83. The van der Waals surface area contributed by atoms with Crippen molar-refractivity contribution in [1.82, 2.24) is 0 Å². The molecule has 0 aromatic heterocycles. The predicted molar refractivity (Wildman–Crippen MR) is 82.1 cm³/mol. The first kappa shape index (κ1) is 16.7. The van der Waals surface area contributed by atoms with E-state index in [1.54, 1.807) is 13.0 Å². The van der Waals surface area contributed by atoms with Crippen molar-refractivity contribution < 1.29 is 19.8 Å². The van der Waals surface area contributed by atoms with Crippen molar-refractivity contribution in [3.63, 3.8) is 0 Å². The maximum atomic E-state index is 10.8. The Bertz CT molecular complexity index is 583. The molecule has 0 spiro atoms. The Hall–Kier alpha value is -2.36. The van der Waals surface area contributed by atoms with Gasteiger partial charge in [0, 0.05) is 0 Å². The molecule has 2 N–H and O–H groups in total. The Morgan fingerprint density at radius 2 is 1.48 bits per heavy atom. The fraction of sp³-hybridized carbons (Fsp3) is 0.294. The molecule has 0 bridgehead atoms. The Balaban J connectivity index is 3.05. The lowest BCUT2D eigenvalue weighted by Gasteiger charge is -2.18. The molecular formula is C17H20O4. The zero-order chi connectivity index (χ0) is 16.2. The van der Waals surface area contributed by atoms with Crippen molar-refractivity contribution in [2.75, 3.05) is 0 Å². The number of benzene rings is 1. The molecule has 112 valence electrons. The van der Waals surface area contributed by atoms with Crippen molar-refractivity contribution in [2.24, 2.45) is 0 Å². The van der Waals surface area contributed by atoms with Gasteiger partial charge in [0.1, 0.15) is 5.57 Å². The average molecular weight is 288 g/mol. The standard InChI is InChI=1S/C17H20O4/c1-11(10-14(15(18)19)16(20)21)9-12-5-7-13(8-6-12)17(2,3)4/h5-10H,1-4H3,(H,18,19)(H,20,21)/b11-9+. The van der Waals surface area contributed by atoms with E-state index in [9.17, 15) is 9.59 Å². The van der Waals surface area contributed by atoms with Crippen LogP contribution in [0.1, 0.15) is 38.8 Å². The van der Waals surface area contributed by atoms with Gasteiger partial charge in [-0.2, -0.15) is 0 Å². The first-order valence-corrected chi connectivity index (χ1v) is 6.58. The maximum Gasteiger partial charge on any atom is 0.343 e. The highest BCUT2D eigenvalue weighted by molar-refractivity contribution is 6.12. The molecule has 0 fully saturated rings. The number of hydrogen-bond donors (Lipinski definition) is 2. The number of aliphatic carboxylic acids is 2. The highest BCUT2D eigenvalue weighted by atomic mass is 16.4. The summed E-state index contributed by atoms with van der Waals surface area (Å²) in [5.41, 5.74) is 2.08. The zero-order valence-electron chi connectivity index (χ0n) is 12.7. The molecule has 4 nitrogen and oxygen atoms in total. The monoisotopic (exact) mass is 288 g/mol. The number of allylic oxidation sites excluding steroid dienone is 2. The van der Waals surface area contributed by atoms with E-state index >= 15 is 0 Å². The van der Waals surface area contributed by atoms with Crippen LogP contribution in [-0.2, 0) is 15.0 Å². The molecule has 1 rings (SSSR count). The van der Waals surface area contributed by atoms with Gasteiger partial charge in [0.2, 0.25) is 0 Å². The van der Waals surface area contributed by atoms with Crippen LogP contribution in [0.25, 0.3) is 6.08 Å². The summed E-state index contributed by atoms with van der Waals surface area (Å²) in [5.74, 6) is -2.89. The Kier molecular flexibility index (Phi) is 5.08. The smallest absolute Gasteiger partial charge is 0.343 e. The van der Waals surface area contributed by atoms with Gasteiger partial charge in [-0.05, 0) is 35.1 Å². The molecular weight excluding hydrogens is 268 g/mol. The Morgan fingerprint density at radius 3 is 1.86 bits per heavy atom. The van der Waals surface area contributed by atoms with E-state index in [0.717, 1.165) is 11.6 Å². The predicted octanol–water partition coefficient (Wildman–Crippen LogP) is 3.48.